The van der Waals surface area contributed by atoms with Gasteiger partial charge in [0, 0.05) is 25.2 Å². The monoisotopic (exact) mass is 390 g/mol. The van der Waals surface area contributed by atoms with Crippen molar-refractivity contribution >= 4 is 11.7 Å². The van der Waals surface area contributed by atoms with E-state index in [0.717, 1.165) is 10.6 Å². The van der Waals surface area contributed by atoms with E-state index in [2.05, 4.69) is 5.32 Å². The predicted octanol–water partition coefficient (Wildman–Crippen LogP) is 3.36. The molecule has 0 aromatic heterocycles. The fraction of sp³-hybridized carbons (Fsp3) is 0.350. The maximum Gasteiger partial charge on any atom is 0.345 e. The summed E-state index contributed by atoms with van der Waals surface area (Å²) in [6.07, 6.45) is 0.639. The van der Waals surface area contributed by atoms with E-state index < -0.39 is 0 Å². The van der Waals surface area contributed by atoms with Gasteiger partial charge in [0.05, 0.1) is 35.0 Å². The number of ether oxygens (including phenoxy) is 4. The number of urea groups is 1. The molecule has 28 heavy (non-hydrogen) atoms. The molecule has 0 radical (unpaired) electrons. The maximum atomic E-state index is 11.8. The third kappa shape index (κ3) is 5.43. The first-order chi connectivity index (χ1) is 13.5. The zero-order valence-corrected chi connectivity index (χ0v) is 16.8. The smallest absolute Gasteiger partial charge is 0.345 e. The summed E-state index contributed by atoms with van der Waals surface area (Å²) in [6, 6.07) is 10.5. The van der Waals surface area contributed by atoms with Crippen LogP contribution in [0.5, 0.6) is 23.0 Å². The van der Waals surface area contributed by atoms with Crippen LogP contribution in [0.4, 0.5) is 10.5 Å². The molecule has 0 aliphatic carbocycles. The number of carbonyl (C=O) groups excluding carboxylic acids is 1. The van der Waals surface area contributed by atoms with Gasteiger partial charge >= 0.3 is 6.03 Å². The SMILES string of the molecule is COc1cc(CCOc2cccc(NC(=O)N(C)OC)c2)cc(OC)c1OC. The van der Waals surface area contributed by atoms with E-state index in [-0.39, 0.29) is 6.03 Å². The van der Waals surface area contributed by atoms with Crippen LogP contribution in [0.25, 0.3) is 0 Å². The topological polar surface area (TPSA) is 78.5 Å². The molecular formula is C20H26N2O6. The van der Waals surface area contributed by atoms with Crippen molar-refractivity contribution in [3.05, 3.63) is 42.0 Å². The Bertz CT molecular complexity index is 771. The van der Waals surface area contributed by atoms with Gasteiger partial charge < -0.3 is 24.3 Å². The van der Waals surface area contributed by atoms with Gasteiger partial charge in [0.1, 0.15) is 5.75 Å². The first-order valence-corrected chi connectivity index (χ1v) is 8.63. The van der Waals surface area contributed by atoms with E-state index >= 15 is 0 Å². The van der Waals surface area contributed by atoms with Crippen LogP contribution in [-0.4, -0.2) is 53.2 Å². The van der Waals surface area contributed by atoms with E-state index in [0.29, 0.717) is 41.7 Å². The highest BCUT2D eigenvalue weighted by atomic mass is 16.7. The van der Waals surface area contributed by atoms with E-state index in [4.69, 9.17) is 23.8 Å². The summed E-state index contributed by atoms with van der Waals surface area (Å²) < 4.78 is 21.9. The summed E-state index contributed by atoms with van der Waals surface area (Å²) in [6.45, 7) is 0.439. The fourth-order valence-electron chi connectivity index (χ4n) is 2.52. The van der Waals surface area contributed by atoms with Crippen molar-refractivity contribution in [3.63, 3.8) is 0 Å². The molecule has 0 bridgehead atoms. The van der Waals surface area contributed by atoms with Crippen LogP contribution in [0.15, 0.2) is 36.4 Å². The molecule has 152 valence electrons. The molecule has 2 amide bonds. The van der Waals surface area contributed by atoms with Gasteiger partial charge in [-0.15, -0.1) is 0 Å². The summed E-state index contributed by atoms with van der Waals surface area (Å²) in [4.78, 5) is 16.7. The Labute approximate surface area is 164 Å². The third-order valence-corrected chi connectivity index (χ3v) is 4.03. The molecule has 0 spiro atoms. The van der Waals surface area contributed by atoms with E-state index in [1.165, 1.54) is 14.2 Å². The first-order valence-electron chi connectivity index (χ1n) is 8.63. The number of carbonyl (C=O) groups is 1. The molecule has 1 N–H and O–H groups in total. The van der Waals surface area contributed by atoms with Crippen LogP contribution in [0.2, 0.25) is 0 Å². The molecule has 2 aromatic carbocycles. The molecule has 2 aromatic rings. The lowest BCUT2D eigenvalue weighted by molar-refractivity contribution is -0.0598. The summed E-state index contributed by atoms with van der Waals surface area (Å²) in [5.74, 6) is 2.40. The summed E-state index contributed by atoms with van der Waals surface area (Å²) in [5.41, 5.74) is 1.60. The lowest BCUT2D eigenvalue weighted by Gasteiger charge is -2.15. The molecule has 0 aliphatic heterocycles. The summed E-state index contributed by atoms with van der Waals surface area (Å²) >= 11 is 0. The van der Waals surface area contributed by atoms with Gasteiger partial charge in [-0.3, -0.25) is 4.84 Å². The normalized spacial score (nSPS) is 10.2. The Kier molecular flexibility index (Phi) is 7.76. The molecule has 0 aliphatic rings. The third-order valence-electron chi connectivity index (χ3n) is 4.03. The molecule has 0 heterocycles. The Morgan fingerprint density at radius 2 is 1.68 bits per heavy atom. The fourth-order valence-corrected chi connectivity index (χ4v) is 2.52. The van der Waals surface area contributed by atoms with Crippen molar-refractivity contribution < 1.29 is 28.6 Å². The minimum Gasteiger partial charge on any atom is -0.493 e. The Morgan fingerprint density at radius 3 is 2.25 bits per heavy atom. The van der Waals surface area contributed by atoms with E-state index in [1.54, 1.807) is 39.5 Å². The maximum absolute atomic E-state index is 11.8. The van der Waals surface area contributed by atoms with Crippen molar-refractivity contribution in [1.82, 2.24) is 5.06 Å². The highest BCUT2D eigenvalue weighted by Crippen LogP contribution is 2.38. The summed E-state index contributed by atoms with van der Waals surface area (Å²) in [7, 11) is 7.67. The second-order valence-electron chi connectivity index (χ2n) is 5.77. The molecule has 0 unspecified atom stereocenters. The molecule has 0 saturated carbocycles. The average molecular weight is 390 g/mol. The molecule has 8 heteroatoms. The lowest BCUT2D eigenvalue weighted by atomic mass is 10.1. The second-order valence-corrected chi connectivity index (χ2v) is 5.77. The lowest BCUT2D eigenvalue weighted by Crippen LogP contribution is -2.30. The molecule has 0 fully saturated rings. The van der Waals surface area contributed by atoms with Crippen LogP contribution in [0, 0.1) is 0 Å². The van der Waals surface area contributed by atoms with Crippen LogP contribution in [0.3, 0.4) is 0 Å². The van der Waals surface area contributed by atoms with Crippen LogP contribution < -0.4 is 24.3 Å². The Hall–Kier alpha value is -3.13. The number of anilines is 1. The number of amides is 2. The standard InChI is InChI=1S/C20H26N2O6/c1-22(27-5)20(23)21-15-7-6-8-16(13-15)28-10-9-14-11-17(24-2)19(26-4)18(12-14)25-3/h6-8,11-13H,9-10H2,1-5H3,(H,21,23). The molecular weight excluding hydrogens is 364 g/mol. The number of nitrogens with one attached hydrogen (secondary N) is 1. The van der Waals surface area contributed by atoms with E-state index in [9.17, 15) is 4.79 Å². The number of benzene rings is 2. The van der Waals surface area contributed by atoms with Crippen LogP contribution in [-0.2, 0) is 11.3 Å². The number of hydrogen-bond acceptors (Lipinski definition) is 6. The highest BCUT2D eigenvalue weighted by Gasteiger charge is 2.13. The van der Waals surface area contributed by atoms with Crippen molar-refractivity contribution in [3.8, 4) is 23.0 Å². The van der Waals surface area contributed by atoms with Gasteiger partial charge in [0.2, 0.25) is 5.75 Å². The van der Waals surface area contributed by atoms with Crippen molar-refractivity contribution in [2.24, 2.45) is 0 Å². The number of hydroxylamine groups is 2. The second kappa shape index (κ2) is 10.3. The minimum atomic E-state index is -0.378. The van der Waals surface area contributed by atoms with Crippen LogP contribution >= 0.6 is 0 Å². The molecule has 0 atom stereocenters. The molecule has 0 saturated heterocycles. The zero-order chi connectivity index (χ0) is 20.5. The largest absolute Gasteiger partial charge is 0.493 e. The Morgan fingerprint density at radius 1 is 1.00 bits per heavy atom. The zero-order valence-electron chi connectivity index (χ0n) is 16.8. The van der Waals surface area contributed by atoms with Gasteiger partial charge in [-0.2, -0.15) is 0 Å². The highest BCUT2D eigenvalue weighted by molar-refractivity contribution is 5.88. The van der Waals surface area contributed by atoms with Crippen molar-refractivity contribution in [1.29, 1.82) is 0 Å². The van der Waals surface area contributed by atoms with Gasteiger partial charge in [0.15, 0.2) is 11.5 Å². The minimum absolute atomic E-state index is 0.378. The molecule has 8 nitrogen and oxygen atoms in total. The van der Waals surface area contributed by atoms with Crippen molar-refractivity contribution in [2.75, 3.05) is 47.4 Å². The number of hydrogen-bond donors (Lipinski definition) is 1. The van der Waals surface area contributed by atoms with Gasteiger partial charge in [-0.1, -0.05) is 6.07 Å². The number of rotatable bonds is 9. The number of methoxy groups -OCH3 is 3. The van der Waals surface area contributed by atoms with Gasteiger partial charge in [0.25, 0.3) is 0 Å². The van der Waals surface area contributed by atoms with Crippen LogP contribution in [0.1, 0.15) is 5.56 Å². The predicted molar refractivity (Wildman–Crippen MR) is 106 cm³/mol. The number of nitrogens with zero attached hydrogens (tertiary/aromatic N) is 1. The average Bonchev–Trinajstić information content (AvgIpc) is 2.72. The first kappa shape index (κ1) is 21.2. The Balaban J connectivity index is 2.00. The van der Waals surface area contributed by atoms with Gasteiger partial charge in [-0.05, 0) is 29.8 Å². The van der Waals surface area contributed by atoms with E-state index in [1.807, 2.05) is 18.2 Å². The summed E-state index contributed by atoms with van der Waals surface area (Å²) in [5, 5.41) is 3.81. The van der Waals surface area contributed by atoms with Gasteiger partial charge in [-0.25, -0.2) is 9.86 Å². The molecule has 2 rings (SSSR count). The quantitative estimate of drug-likeness (QED) is 0.662. The van der Waals surface area contributed by atoms with Crippen molar-refractivity contribution in [2.45, 2.75) is 6.42 Å².